The Labute approximate surface area is 202 Å². The zero-order chi connectivity index (χ0) is 22.8. The van der Waals surface area contributed by atoms with E-state index in [1.807, 2.05) is 0 Å². The molecular formula is C24H27ClFN3O5. The van der Waals surface area contributed by atoms with Gasteiger partial charge in [0.05, 0.1) is 18.0 Å². The molecule has 0 unspecified atom stereocenters. The van der Waals surface area contributed by atoms with E-state index in [-0.39, 0.29) is 25.0 Å². The van der Waals surface area contributed by atoms with Crippen LogP contribution in [0.1, 0.15) is 30.9 Å². The third kappa shape index (κ3) is 5.05. The molecule has 8 nitrogen and oxygen atoms in total. The van der Waals surface area contributed by atoms with E-state index in [1.54, 1.807) is 31.3 Å². The lowest BCUT2D eigenvalue weighted by Crippen LogP contribution is -2.34. The number of carbonyl (C=O) groups excluding carboxylic acids is 1. The number of ether oxygens (including phenoxy) is 3. The van der Waals surface area contributed by atoms with Crippen molar-refractivity contribution in [2.75, 3.05) is 45.0 Å². The van der Waals surface area contributed by atoms with Crippen molar-refractivity contribution < 1.29 is 27.9 Å². The quantitative estimate of drug-likeness (QED) is 0.451. The highest BCUT2D eigenvalue weighted by atomic mass is 35.5. The summed E-state index contributed by atoms with van der Waals surface area (Å²) in [7, 11) is 1.67. The van der Waals surface area contributed by atoms with Gasteiger partial charge in [-0.3, -0.25) is 4.90 Å². The van der Waals surface area contributed by atoms with Crippen molar-refractivity contribution in [2.45, 2.75) is 25.2 Å². The molecule has 3 aromatic rings. The molecule has 0 saturated carbocycles. The van der Waals surface area contributed by atoms with Gasteiger partial charge in [0.15, 0.2) is 17.1 Å². The Balaban J connectivity index is 0.00000274. The number of piperidine rings is 1. The number of anilines is 1. The summed E-state index contributed by atoms with van der Waals surface area (Å²) >= 11 is 0. The maximum Gasteiger partial charge on any atom is 0.414 e. The minimum atomic E-state index is -0.401. The van der Waals surface area contributed by atoms with E-state index in [2.05, 4.69) is 10.1 Å². The number of halogens is 2. The van der Waals surface area contributed by atoms with Crippen LogP contribution in [0.2, 0.25) is 0 Å². The Morgan fingerprint density at radius 3 is 2.79 bits per heavy atom. The van der Waals surface area contributed by atoms with Crippen LogP contribution in [0.25, 0.3) is 11.0 Å². The third-order valence-electron chi connectivity index (χ3n) is 6.30. The van der Waals surface area contributed by atoms with E-state index >= 15 is 0 Å². The van der Waals surface area contributed by atoms with Gasteiger partial charge in [0.2, 0.25) is 6.79 Å². The lowest BCUT2D eigenvalue weighted by molar-refractivity contribution is 0.140. The van der Waals surface area contributed by atoms with Crippen molar-refractivity contribution in [1.82, 2.24) is 10.1 Å². The van der Waals surface area contributed by atoms with Gasteiger partial charge in [-0.1, -0.05) is 5.16 Å². The molecule has 3 heterocycles. The van der Waals surface area contributed by atoms with E-state index in [0.29, 0.717) is 35.3 Å². The first-order chi connectivity index (χ1) is 16.1. The number of hydrogen-bond donors (Lipinski definition) is 0. The minimum Gasteiger partial charge on any atom is -0.454 e. The number of carbonyl (C=O) groups is 1. The molecule has 5 rings (SSSR count). The summed E-state index contributed by atoms with van der Waals surface area (Å²) in [6.07, 6.45) is 2.29. The molecule has 1 amide bonds. The van der Waals surface area contributed by atoms with E-state index < -0.39 is 6.09 Å². The zero-order valence-electron chi connectivity index (χ0n) is 18.9. The van der Waals surface area contributed by atoms with Crippen LogP contribution in [0.3, 0.4) is 0 Å². The largest absolute Gasteiger partial charge is 0.454 e. The van der Waals surface area contributed by atoms with Gasteiger partial charge in [-0.05, 0) is 56.6 Å². The molecule has 182 valence electrons. The van der Waals surface area contributed by atoms with Crippen molar-refractivity contribution in [3.8, 4) is 11.5 Å². The summed E-state index contributed by atoms with van der Waals surface area (Å²) in [5, 5.41) is 5.10. The van der Waals surface area contributed by atoms with Gasteiger partial charge in [-0.2, -0.15) is 0 Å². The van der Waals surface area contributed by atoms with Crippen molar-refractivity contribution >= 4 is 35.2 Å². The number of hydrogen-bond acceptors (Lipinski definition) is 7. The number of benzene rings is 2. The molecule has 2 aliphatic heterocycles. The summed E-state index contributed by atoms with van der Waals surface area (Å²) in [5.41, 5.74) is 2.11. The summed E-state index contributed by atoms with van der Waals surface area (Å²) in [5.74, 6) is 1.29. The molecule has 0 spiro atoms. The van der Waals surface area contributed by atoms with Gasteiger partial charge in [0.25, 0.3) is 0 Å². The fourth-order valence-electron chi connectivity index (χ4n) is 4.40. The minimum absolute atomic E-state index is 0. The molecule has 2 aromatic carbocycles. The first-order valence-corrected chi connectivity index (χ1v) is 11.2. The molecule has 0 aliphatic carbocycles. The predicted octanol–water partition coefficient (Wildman–Crippen LogP) is 4.96. The van der Waals surface area contributed by atoms with Crippen molar-refractivity contribution in [1.29, 1.82) is 0 Å². The van der Waals surface area contributed by atoms with Gasteiger partial charge in [0, 0.05) is 37.0 Å². The van der Waals surface area contributed by atoms with Gasteiger partial charge >= 0.3 is 6.09 Å². The molecule has 10 heteroatoms. The monoisotopic (exact) mass is 491 g/mol. The Bertz CT molecular complexity index is 1150. The smallest absolute Gasteiger partial charge is 0.414 e. The fraction of sp³-hybridized carbons (Fsp3) is 0.417. The van der Waals surface area contributed by atoms with Gasteiger partial charge in [0.1, 0.15) is 5.82 Å². The Morgan fingerprint density at radius 2 is 1.97 bits per heavy atom. The second-order valence-corrected chi connectivity index (χ2v) is 8.39. The topological polar surface area (TPSA) is 77.3 Å². The highest BCUT2D eigenvalue weighted by Gasteiger charge is 2.25. The second-order valence-electron chi connectivity index (χ2n) is 8.39. The van der Waals surface area contributed by atoms with E-state index in [4.69, 9.17) is 18.7 Å². The van der Waals surface area contributed by atoms with Gasteiger partial charge < -0.3 is 23.6 Å². The van der Waals surface area contributed by atoms with Crippen LogP contribution in [-0.2, 0) is 4.74 Å². The maximum absolute atomic E-state index is 13.4. The molecule has 34 heavy (non-hydrogen) atoms. The van der Waals surface area contributed by atoms with E-state index in [9.17, 15) is 9.18 Å². The molecule has 2 aliphatic rings. The fourth-order valence-corrected chi connectivity index (χ4v) is 4.40. The summed E-state index contributed by atoms with van der Waals surface area (Å²) in [4.78, 5) is 16.2. The first-order valence-electron chi connectivity index (χ1n) is 11.2. The number of nitrogens with zero attached hydrogens (tertiary/aromatic N) is 3. The molecular weight excluding hydrogens is 465 g/mol. The lowest BCUT2D eigenvalue weighted by atomic mass is 9.91. The average Bonchev–Trinajstić information content (AvgIpc) is 3.47. The molecule has 0 N–H and O–H groups in total. The average molecular weight is 492 g/mol. The van der Waals surface area contributed by atoms with Crippen LogP contribution in [-0.4, -0.2) is 56.2 Å². The maximum atomic E-state index is 13.4. The van der Waals surface area contributed by atoms with Crippen LogP contribution in [0.5, 0.6) is 11.5 Å². The third-order valence-corrected chi connectivity index (χ3v) is 6.30. The summed E-state index contributed by atoms with van der Waals surface area (Å²) in [6.45, 7) is 3.28. The number of aromatic nitrogens is 1. The summed E-state index contributed by atoms with van der Waals surface area (Å²) in [6, 6.07) is 9.93. The van der Waals surface area contributed by atoms with Crippen LogP contribution in [0, 0.1) is 5.82 Å². The van der Waals surface area contributed by atoms with Crippen LogP contribution in [0.15, 0.2) is 40.9 Å². The molecule has 0 atom stereocenters. The van der Waals surface area contributed by atoms with Crippen molar-refractivity contribution in [2.24, 2.45) is 0 Å². The number of amides is 1. The van der Waals surface area contributed by atoms with E-state index in [1.165, 1.54) is 17.0 Å². The molecule has 0 radical (unpaired) electrons. The van der Waals surface area contributed by atoms with E-state index in [0.717, 1.165) is 50.0 Å². The highest BCUT2D eigenvalue weighted by molar-refractivity contribution is 5.87. The Kier molecular flexibility index (Phi) is 7.43. The normalized spacial score (nSPS) is 15.8. The van der Waals surface area contributed by atoms with Crippen molar-refractivity contribution in [3.63, 3.8) is 0 Å². The number of rotatable bonds is 6. The SMILES string of the molecule is CN(C(=O)OCCCN1CCC(c2noc3cc(F)ccc23)CC1)c1ccc2c(c1)OCO2.Cl. The van der Waals surface area contributed by atoms with Crippen LogP contribution < -0.4 is 14.4 Å². The second kappa shape index (κ2) is 10.5. The Hall–Kier alpha value is -3.04. The molecule has 1 fully saturated rings. The molecule has 0 bridgehead atoms. The molecule has 1 saturated heterocycles. The predicted molar refractivity (Wildman–Crippen MR) is 127 cm³/mol. The van der Waals surface area contributed by atoms with Crippen LogP contribution in [0.4, 0.5) is 14.9 Å². The highest BCUT2D eigenvalue weighted by Crippen LogP contribution is 2.35. The van der Waals surface area contributed by atoms with Gasteiger partial charge in [-0.15, -0.1) is 12.4 Å². The van der Waals surface area contributed by atoms with Crippen molar-refractivity contribution in [3.05, 3.63) is 47.9 Å². The standard InChI is InChI=1S/C24H26FN3O5.ClH/c1-27(18-4-6-20-22(14-18)32-15-31-20)24(29)30-12-2-9-28-10-7-16(8-11-28)23-19-5-3-17(25)13-21(19)33-26-23;/h3-6,13-14,16H,2,7-12,15H2,1H3;1H. The zero-order valence-corrected chi connectivity index (χ0v) is 19.7. The summed E-state index contributed by atoms with van der Waals surface area (Å²) < 4.78 is 34.8. The lowest BCUT2D eigenvalue weighted by Gasteiger charge is -2.31. The van der Waals surface area contributed by atoms with Crippen LogP contribution >= 0.6 is 12.4 Å². The first kappa shape index (κ1) is 24.1. The number of fused-ring (bicyclic) bond motifs is 2. The Morgan fingerprint density at radius 1 is 1.18 bits per heavy atom. The molecule has 1 aromatic heterocycles. The van der Waals surface area contributed by atoms with Gasteiger partial charge in [-0.25, -0.2) is 9.18 Å². The number of likely N-dealkylation sites (tertiary alicyclic amines) is 1.